The van der Waals surface area contributed by atoms with Crippen LogP contribution in [0.2, 0.25) is 0 Å². The topological polar surface area (TPSA) is 20.2 Å². The van der Waals surface area contributed by atoms with Crippen molar-refractivity contribution in [1.82, 2.24) is 0 Å². The fourth-order valence-electron chi connectivity index (χ4n) is 2.33. The first-order chi connectivity index (χ1) is 13.2. The molecule has 0 spiro atoms. The Morgan fingerprint density at radius 2 is 1.33 bits per heavy atom. The van der Waals surface area contributed by atoms with Gasteiger partial charge in [0.05, 0.1) is 0 Å². The van der Waals surface area contributed by atoms with E-state index in [2.05, 4.69) is 35.5 Å². The molecule has 0 bridgehead atoms. The lowest BCUT2D eigenvalue weighted by Gasteiger charge is -2.05. The van der Waals surface area contributed by atoms with Gasteiger partial charge in [0.15, 0.2) is 0 Å². The predicted octanol–water partition coefficient (Wildman–Crippen LogP) is 4.31. The molecule has 0 aliphatic heterocycles. The maximum absolute atomic E-state index is 13.0. The molecule has 0 saturated carbocycles. The normalized spacial score (nSPS) is 10.3. The van der Waals surface area contributed by atoms with Crippen molar-refractivity contribution >= 4 is 0 Å². The van der Waals surface area contributed by atoms with Crippen molar-refractivity contribution < 1.29 is 9.50 Å². The molecule has 0 aliphatic rings. The van der Waals surface area contributed by atoms with Gasteiger partial charge in [-0.05, 0) is 54.3 Å². The van der Waals surface area contributed by atoms with Crippen molar-refractivity contribution in [2.75, 3.05) is 0 Å². The van der Waals surface area contributed by atoms with Crippen molar-refractivity contribution in [2.24, 2.45) is 0 Å². The zero-order valence-corrected chi connectivity index (χ0v) is 14.4. The lowest BCUT2D eigenvalue weighted by Crippen LogP contribution is -1.97. The first-order valence-corrected chi connectivity index (χ1v) is 8.33. The van der Waals surface area contributed by atoms with Gasteiger partial charge >= 0.3 is 0 Å². The summed E-state index contributed by atoms with van der Waals surface area (Å²) in [6, 6.07) is 22.7. The van der Waals surface area contributed by atoms with Gasteiger partial charge in [0, 0.05) is 22.3 Å². The minimum absolute atomic E-state index is 0.303. The highest BCUT2D eigenvalue weighted by atomic mass is 19.1. The van der Waals surface area contributed by atoms with Crippen LogP contribution < -0.4 is 0 Å². The van der Waals surface area contributed by atoms with Crippen LogP contribution in [-0.2, 0) is 0 Å². The van der Waals surface area contributed by atoms with Gasteiger partial charge in [0.25, 0.3) is 0 Å². The SMILES string of the molecule is OC(C#CC#Cc1ccccc1)c1ccccc1C#Cc1ccc(F)cc1. The molecule has 0 aliphatic carbocycles. The van der Waals surface area contributed by atoms with Crippen LogP contribution in [0, 0.1) is 41.3 Å². The van der Waals surface area contributed by atoms with E-state index in [1.807, 2.05) is 48.5 Å². The highest BCUT2D eigenvalue weighted by molar-refractivity contribution is 5.49. The van der Waals surface area contributed by atoms with Crippen LogP contribution in [0.4, 0.5) is 4.39 Å². The zero-order chi connectivity index (χ0) is 18.9. The maximum Gasteiger partial charge on any atom is 0.142 e. The number of hydrogen-bond donors (Lipinski definition) is 1. The number of rotatable bonds is 1. The molecule has 0 fully saturated rings. The molecule has 0 aromatic heterocycles. The van der Waals surface area contributed by atoms with E-state index in [1.54, 1.807) is 18.2 Å². The summed E-state index contributed by atoms with van der Waals surface area (Å²) in [7, 11) is 0. The molecule has 3 rings (SSSR count). The Hall–Kier alpha value is -3.77. The summed E-state index contributed by atoms with van der Waals surface area (Å²) in [6.45, 7) is 0. The Labute approximate surface area is 158 Å². The number of hydrogen-bond acceptors (Lipinski definition) is 1. The zero-order valence-electron chi connectivity index (χ0n) is 14.4. The van der Waals surface area contributed by atoms with Gasteiger partial charge in [-0.25, -0.2) is 4.39 Å². The van der Waals surface area contributed by atoms with E-state index in [4.69, 9.17) is 0 Å². The molecule has 2 heteroatoms. The Morgan fingerprint density at radius 1 is 0.667 bits per heavy atom. The summed E-state index contributed by atoms with van der Waals surface area (Å²) in [5, 5.41) is 10.4. The molecule has 0 amide bonds. The maximum atomic E-state index is 13.0. The van der Waals surface area contributed by atoms with Crippen LogP contribution in [0.25, 0.3) is 0 Å². The molecule has 1 nitrogen and oxygen atoms in total. The molecule has 128 valence electrons. The molecule has 0 saturated heterocycles. The third-order valence-corrected chi connectivity index (χ3v) is 3.69. The fraction of sp³-hybridized carbons (Fsp3) is 0.0400. The largest absolute Gasteiger partial charge is 0.376 e. The monoisotopic (exact) mass is 350 g/mol. The molecule has 3 aromatic rings. The summed E-state index contributed by atoms with van der Waals surface area (Å²) < 4.78 is 13.0. The standard InChI is InChI=1S/C25H15FO/c26-23-18-15-21(16-19-23)14-17-22-11-5-6-12-24(22)25(27)13-7-4-10-20-8-2-1-3-9-20/h1-3,5-6,8-9,11-12,15-16,18-19,25,27H. The molecule has 1 N–H and O–H groups in total. The second kappa shape index (κ2) is 9.07. The first-order valence-electron chi connectivity index (χ1n) is 8.33. The third-order valence-electron chi connectivity index (χ3n) is 3.69. The van der Waals surface area contributed by atoms with Crippen molar-refractivity contribution in [3.05, 3.63) is 107 Å². The molecule has 3 aromatic carbocycles. The average Bonchev–Trinajstić information content (AvgIpc) is 2.71. The quantitative estimate of drug-likeness (QED) is 0.648. The van der Waals surface area contributed by atoms with Gasteiger partial charge in [-0.2, -0.15) is 0 Å². The van der Waals surface area contributed by atoms with Crippen LogP contribution in [0.3, 0.4) is 0 Å². The van der Waals surface area contributed by atoms with E-state index < -0.39 is 6.10 Å². The minimum Gasteiger partial charge on any atom is -0.376 e. The van der Waals surface area contributed by atoms with Crippen LogP contribution >= 0.6 is 0 Å². The highest BCUT2D eigenvalue weighted by Crippen LogP contribution is 2.16. The lowest BCUT2D eigenvalue weighted by molar-refractivity contribution is 0.238. The van der Waals surface area contributed by atoms with Gasteiger partial charge in [-0.15, -0.1) is 0 Å². The fourth-order valence-corrected chi connectivity index (χ4v) is 2.33. The second-order valence-electron chi connectivity index (χ2n) is 5.63. The van der Waals surface area contributed by atoms with Gasteiger partial charge in [0.1, 0.15) is 11.9 Å². The Bertz CT molecular complexity index is 1100. The molecule has 1 unspecified atom stereocenters. The van der Waals surface area contributed by atoms with Gasteiger partial charge < -0.3 is 5.11 Å². The number of halogens is 1. The molecular formula is C25H15FO. The number of benzene rings is 3. The Balaban J connectivity index is 1.79. The van der Waals surface area contributed by atoms with E-state index in [-0.39, 0.29) is 5.82 Å². The van der Waals surface area contributed by atoms with E-state index in [9.17, 15) is 9.50 Å². The van der Waals surface area contributed by atoms with Crippen LogP contribution in [0.5, 0.6) is 0 Å². The molecule has 0 heterocycles. The van der Waals surface area contributed by atoms with Crippen molar-refractivity contribution in [3.8, 4) is 35.5 Å². The summed E-state index contributed by atoms with van der Waals surface area (Å²) in [4.78, 5) is 0. The molecule has 1 atom stereocenters. The van der Waals surface area contributed by atoms with Crippen molar-refractivity contribution in [1.29, 1.82) is 0 Å². The minimum atomic E-state index is -0.992. The van der Waals surface area contributed by atoms with Crippen LogP contribution in [-0.4, -0.2) is 5.11 Å². The third kappa shape index (κ3) is 5.35. The Kier molecular flexibility index (Phi) is 6.06. The van der Waals surface area contributed by atoms with E-state index in [0.29, 0.717) is 16.7 Å². The molecule has 0 radical (unpaired) electrons. The average molecular weight is 350 g/mol. The summed E-state index contributed by atoms with van der Waals surface area (Å²) in [6.07, 6.45) is -0.992. The number of aliphatic hydroxyl groups is 1. The first kappa shape index (κ1) is 18.0. The second-order valence-corrected chi connectivity index (χ2v) is 5.63. The highest BCUT2D eigenvalue weighted by Gasteiger charge is 2.07. The van der Waals surface area contributed by atoms with E-state index in [0.717, 1.165) is 5.56 Å². The summed E-state index contributed by atoms with van der Waals surface area (Å²) in [5.41, 5.74) is 2.84. The summed E-state index contributed by atoms with van der Waals surface area (Å²) >= 11 is 0. The van der Waals surface area contributed by atoms with Crippen molar-refractivity contribution in [2.45, 2.75) is 6.10 Å². The van der Waals surface area contributed by atoms with E-state index >= 15 is 0 Å². The smallest absolute Gasteiger partial charge is 0.142 e. The van der Waals surface area contributed by atoms with Gasteiger partial charge in [0.2, 0.25) is 0 Å². The van der Waals surface area contributed by atoms with Gasteiger partial charge in [-0.1, -0.05) is 60.1 Å². The number of aliphatic hydroxyl groups excluding tert-OH is 1. The summed E-state index contributed by atoms with van der Waals surface area (Å²) in [5.74, 6) is 16.8. The van der Waals surface area contributed by atoms with Gasteiger partial charge in [-0.3, -0.25) is 0 Å². The van der Waals surface area contributed by atoms with E-state index in [1.165, 1.54) is 12.1 Å². The lowest BCUT2D eigenvalue weighted by atomic mass is 10.0. The van der Waals surface area contributed by atoms with Crippen LogP contribution in [0.1, 0.15) is 28.4 Å². The van der Waals surface area contributed by atoms with Crippen molar-refractivity contribution in [3.63, 3.8) is 0 Å². The Morgan fingerprint density at radius 3 is 2.11 bits per heavy atom. The molecule has 27 heavy (non-hydrogen) atoms. The van der Waals surface area contributed by atoms with Crippen LogP contribution in [0.15, 0.2) is 78.9 Å². The predicted molar refractivity (Wildman–Crippen MR) is 105 cm³/mol. The molecular weight excluding hydrogens is 335 g/mol.